The maximum atomic E-state index is 12.3. The highest BCUT2D eigenvalue weighted by Gasteiger charge is 2.42. The standard InChI is InChI=1S/C19H19N3O3S2/c1-12-2-6-14(7-3-12)20-18(23)13-4-8-15(9-5-13)21-19-22-16-10-27(24,25)11-17(16)26-19/h2-9,16-17H,10-11H2,1H3,(H,20,23)(H,21,22)/t16-,17-/m1/s1. The fraction of sp³-hybridized carbons (Fsp3) is 0.263. The Balaban J connectivity index is 1.38. The Morgan fingerprint density at radius 3 is 2.37 bits per heavy atom. The lowest BCUT2D eigenvalue weighted by Gasteiger charge is -2.09. The van der Waals surface area contributed by atoms with Gasteiger partial charge in [-0.15, -0.1) is 0 Å². The number of amidine groups is 1. The van der Waals surface area contributed by atoms with Crippen molar-refractivity contribution < 1.29 is 13.2 Å². The second-order valence-electron chi connectivity index (χ2n) is 6.76. The number of aliphatic imine (C=N–C) groups is 1. The number of nitrogens with one attached hydrogen (secondary N) is 2. The molecule has 2 aliphatic heterocycles. The first-order chi connectivity index (χ1) is 12.9. The van der Waals surface area contributed by atoms with Crippen LogP contribution in [0.3, 0.4) is 0 Å². The predicted molar refractivity (Wildman–Crippen MR) is 110 cm³/mol. The molecule has 0 aromatic heterocycles. The van der Waals surface area contributed by atoms with Crippen LogP contribution < -0.4 is 10.6 Å². The lowest BCUT2D eigenvalue weighted by molar-refractivity contribution is 0.102. The van der Waals surface area contributed by atoms with Crippen LogP contribution in [0.25, 0.3) is 0 Å². The number of carbonyl (C=O) groups is 1. The third-order valence-electron chi connectivity index (χ3n) is 4.53. The molecule has 2 N–H and O–H groups in total. The first-order valence-electron chi connectivity index (χ1n) is 8.58. The van der Waals surface area contributed by atoms with Gasteiger partial charge < -0.3 is 10.6 Å². The van der Waals surface area contributed by atoms with Gasteiger partial charge in [-0.2, -0.15) is 0 Å². The summed E-state index contributed by atoms with van der Waals surface area (Å²) in [5.74, 6) is 0.154. The molecular formula is C19H19N3O3S2. The van der Waals surface area contributed by atoms with Crippen LogP contribution in [0.5, 0.6) is 0 Å². The van der Waals surface area contributed by atoms with Crippen LogP contribution in [-0.4, -0.2) is 42.3 Å². The normalized spacial score (nSPS) is 22.8. The summed E-state index contributed by atoms with van der Waals surface area (Å²) in [6.07, 6.45) is 0. The van der Waals surface area contributed by atoms with Crippen molar-refractivity contribution in [2.24, 2.45) is 4.99 Å². The average molecular weight is 402 g/mol. The van der Waals surface area contributed by atoms with E-state index in [1.54, 1.807) is 12.1 Å². The minimum absolute atomic E-state index is 0.0112. The Morgan fingerprint density at radius 2 is 1.70 bits per heavy atom. The third kappa shape index (κ3) is 4.17. The van der Waals surface area contributed by atoms with Crippen LogP contribution in [0, 0.1) is 6.92 Å². The Bertz CT molecular complexity index is 1000. The Labute approximate surface area is 162 Å². The zero-order chi connectivity index (χ0) is 19.0. The predicted octanol–water partition coefficient (Wildman–Crippen LogP) is 2.93. The van der Waals surface area contributed by atoms with Gasteiger partial charge in [-0.1, -0.05) is 29.5 Å². The maximum absolute atomic E-state index is 12.3. The largest absolute Gasteiger partial charge is 0.335 e. The molecule has 0 unspecified atom stereocenters. The van der Waals surface area contributed by atoms with Crippen LogP contribution in [0.15, 0.2) is 53.5 Å². The van der Waals surface area contributed by atoms with Crippen molar-refractivity contribution in [2.45, 2.75) is 18.2 Å². The molecule has 0 bridgehead atoms. The fourth-order valence-electron chi connectivity index (χ4n) is 3.08. The lowest BCUT2D eigenvalue weighted by Crippen LogP contribution is -2.13. The van der Waals surface area contributed by atoms with Gasteiger partial charge in [-0.25, -0.2) is 8.42 Å². The molecule has 2 aliphatic rings. The molecule has 1 saturated heterocycles. The first kappa shape index (κ1) is 18.1. The van der Waals surface area contributed by atoms with Gasteiger partial charge in [-0.05, 0) is 43.3 Å². The summed E-state index contributed by atoms with van der Waals surface area (Å²) in [6.45, 7) is 2.00. The van der Waals surface area contributed by atoms with E-state index in [-0.39, 0.29) is 28.7 Å². The van der Waals surface area contributed by atoms with Gasteiger partial charge in [0, 0.05) is 22.2 Å². The van der Waals surface area contributed by atoms with Gasteiger partial charge in [-0.3, -0.25) is 9.79 Å². The van der Waals surface area contributed by atoms with E-state index in [0.717, 1.165) is 22.1 Å². The number of carbonyl (C=O) groups excluding carboxylic acids is 1. The average Bonchev–Trinajstić information content (AvgIpc) is 3.10. The Hall–Kier alpha value is -2.32. The van der Waals surface area contributed by atoms with Crippen LogP contribution in [0.1, 0.15) is 15.9 Å². The molecule has 2 heterocycles. The topological polar surface area (TPSA) is 87.6 Å². The summed E-state index contributed by atoms with van der Waals surface area (Å²) < 4.78 is 23.2. The lowest BCUT2D eigenvalue weighted by atomic mass is 10.2. The molecule has 6 nitrogen and oxygen atoms in total. The number of hydrogen-bond acceptors (Lipinski definition) is 6. The summed E-state index contributed by atoms with van der Waals surface area (Å²) in [4.78, 5) is 16.8. The van der Waals surface area contributed by atoms with Gasteiger partial charge in [0.15, 0.2) is 15.0 Å². The summed E-state index contributed by atoms with van der Waals surface area (Å²) in [6, 6.07) is 14.6. The summed E-state index contributed by atoms with van der Waals surface area (Å²) in [5, 5.41) is 6.82. The summed E-state index contributed by atoms with van der Waals surface area (Å²) >= 11 is 1.47. The number of anilines is 2. The van der Waals surface area contributed by atoms with Gasteiger partial charge in [0.05, 0.1) is 17.5 Å². The van der Waals surface area contributed by atoms with Crippen molar-refractivity contribution in [3.05, 3.63) is 59.7 Å². The van der Waals surface area contributed by atoms with E-state index in [1.807, 2.05) is 43.3 Å². The van der Waals surface area contributed by atoms with Gasteiger partial charge in [0.2, 0.25) is 0 Å². The number of thioether (sulfide) groups is 1. The molecule has 1 amide bonds. The second kappa shape index (κ2) is 7.01. The number of aryl methyl sites for hydroxylation is 1. The zero-order valence-corrected chi connectivity index (χ0v) is 16.3. The molecule has 0 spiro atoms. The van der Waals surface area contributed by atoms with E-state index < -0.39 is 9.84 Å². The maximum Gasteiger partial charge on any atom is 0.255 e. The molecule has 0 saturated carbocycles. The minimum atomic E-state index is -2.95. The van der Waals surface area contributed by atoms with Gasteiger partial charge in [0.1, 0.15) is 0 Å². The van der Waals surface area contributed by atoms with Crippen molar-refractivity contribution in [2.75, 3.05) is 22.1 Å². The molecule has 2 atom stereocenters. The van der Waals surface area contributed by atoms with Crippen LogP contribution in [-0.2, 0) is 9.84 Å². The molecule has 8 heteroatoms. The monoisotopic (exact) mass is 401 g/mol. The Kier molecular flexibility index (Phi) is 4.69. The number of benzene rings is 2. The van der Waals surface area contributed by atoms with Crippen molar-refractivity contribution in [1.29, 1.82) is 0 Å². The van der Waals surface area contributed by atoms with E-state index >= 15 is 0 Å². The number of nitrogens with zero attached hydrogens (tertiary/aromatic N) is 1. The summed E-state index contributed by atoms with van der Waals surface area (Å²) in [5.41, 5.74) is 3.27. The highest BCUT2D eigenvalue weighted by Crippen LogP contribution is 2.34. The number of fused-ring (bicyclic) bond motifs is 1. The molecule has 0 radical (unpaired) electrons. The molecule has 4 rings (SSSR count). The number of rotatable bonds is 3. The molecule has 140 valence electrons. The van der Waals surface area contributed by atoms with Gasteiger partial charge in [0.25, 0.3) is 5.91 Å². The minimum Gasteiger partial charge on any atom is -0.335 e. The molecule has 0 aliphatic carbocycles. The quantitative estimate of drug-likeness (QED) is 0.826. The number of amides is 1. The van der Waals surface area contributed by atoms with Crippen molar-refractivity contribution in [1.82, 2.24) is 0 Å². The van der Waals surface area contributed by atoms with E-state index in [2.05, 4.69) is 15.6 Å². The van der Waals surface area contributed by atoms with Crippen molar-refractivity contribution in [3.63, 3.8) is 0 Å². The third-order valence-corrected chi connectivity index (χ3v) is 7.67. The number of hydrogen-bond donors (Lipinski definition) is 2. The zero-order valence-electron chi connectivity index (χ0n) is 14.7. The fourth-order valence-corrected chi connectivity index (χ4v) is 6.76. The van der Waals surface area contributed by atoms with Crippen LogP contribution in [0.2, 0.25) is 0 Å². The molecule has 2 aromatic carbocycles. The first-order valence-corrected chi connectivity index (χ1v) is 11.3. The smallest absolute Gasteiger partial charge is 0.255 e. The van der Waals surface area contributed by atoms with Crippen molar-refractivity contribution in [3.8, 4) is 0 Å². The van der Waals surface area contributed by atoms with Crippen LogP contribution in [0.4, 0.5) is 11.4 Å². The highest BCUT2D eigenvalue weighted by atomic mass is 32.2. The summed E-state index contributed by atoms with van der Waals surface area (Å²) in [7, 11) is -2.95. The van der Waals surface area contributed by atoms with Crippen LogP contribution >= 0.6 is 11.8 Å². The number of sulfone groups is 1. The van der Waals surface area contributed by atoms with E-state index in [0.29, 0.717) is 5.56 Å². The molecule has 1 fully saturated rings. The molecular weight excluding hydrogens is 382 g/mol. The van der Waals surface area contributed by atoms with E-state index in [4.69, 9.17) is 0 Å². The highest BCUT2D eigenvalue weighted by molar-refractivity contribution is 8.15. The molecule has 2 aromatic rings. The van der Waals surface area contributed by atoms with E-state index in [1.165, 1.54) is 11.8 Å². The molecule has 27 heavy (non-hydrogen) atoms. The Morgan fingerprint density at radius 1 is 1.04 bits per heavy atom. The van der Waals surface area contributed by atoms with E-state index in [9.17, 15) is 13.2 Å². The SMILES string of the molecule is Cc1ccc(NC(=O)c2ccc(NC3=N[C@@H]4CS(=O)(=O)C[C@H]4S3)cc2)cc1. The van der Waals surface area contributed by atoms with Crippen molar-refractivity contribution >= 4 is 44.0 Å². The van der Waals surface area contributed by atoms with Gasteiger partial charge >= 0.3 is 0 Å². The second-order valence-corrected chi connectivity index (χ2v) is 10.1.